The molecule has 1 aromatic heterocycles. The first-order valence-electron chi connectivity index (χ1n) is 6.15. The van der Waals surface area contributed by atoms with Crippen LogP contribution in [0.4, 0.5) is 18.9 Å². The Labute approximate surface area is 118 Å². The van der Waals surface area contributed by atoms with Crippen LogP contribution >= 0.6 is 0 Å². The van der Waals surface area contributed by atoms with Gasteiger partial charge in [0.15, 0.2) is 0 Å². The fraction of sp³-hybridized carbons (Fsp3) is 0.214. The van der Waals surface area contributed by atoms with Gasteiger partial charge < -0.3 is 15.5 Å². The van der Waals surface area contributed by atoms with E-state index in [9.17, 15) is 18.0 Å². The molecule has 1 amide bonds. The highest BCUT2D eigenvalue weighted by Crippen LogP contribution is 2.31. The number of nitrogens with one attached hydrogen (secondary N) is 1. The van der Waals surface area contributed by atoms with Gasteiger partial charge in [0, 0.05) is 18.7 Å². The van der Waals surface area contributed by atoms with Crippen molar-refractivity contribution >= 4 is 11.6 Å². The van der Waals surface area contributed by atoms with Crippen LogP contribution < -0.4 is 11.1 Å². The van der Waals surface area contributed by atoms with Gasteiger partial charge in [0.25, 0.3) is 5.91 Å². The summed E-state index contributed by atoms with van der Waals surface area (Å²) in [6.45, 7) is 0.238. The summed E-state index contributed by atoms with van der Waals surface area (Å²) in [6, 6.07) is 6.11. The molecule has 0 saturated carbocycles. The number of halogens is 3. The number of benzene rings is 1. The molecule has 0 atom stereocenters. The summed E-state index contributed by atoms with van der Waals surface area (Å²) >= 11 is 0. The first kappa shape index (κ1) is 15.0. The van der Waals surface area contributed by atoms with Crippen LogP contribution in [-0.2, 0) is 12.6 Å². The average molecular weight is 298 g/mol. The fourth-order valence-electron chi connectivity index (χ4n) is 1.78. The van der Waals surface area contributed by atoms with Crippen molar-refractivity contribution in [3.63, 3.8) is 0 Å². The molecule has 0 aliphatic rings. The van der Waals surface area contributed by atoms with Gasteiger partial charge in [0.1, 0.15) is 5.76 Å². The van der Waals surface area contributed by atoms with Gasteiger partial charge in [0.2, 0.25) is 0 Å². The Bertz CT molecular complexity index is 622. The Balaban J connectivity index is 2.04. The number of hydrogen-bond acceptors (Lipinski definition) is 3. The summed E-state index contributed by atoms with van der Waals surface area (Å²) in [5.74, 6) is 0.0254. The topological polar surface area (TPSA) is 68.3 Å². The third kappa shape index (κ3) is 3.77. The van der Waals surface area contributed by atoms with Crippen molar-refractivity contribution < 1.29 is 22.4 Å². The Morgan fingerprint density at radius 2 is 2.05 bits per heavy atom. The molecule has 1 heterocycles. The van der Waals surface area contributed by atoms with Gasteiger partial charge in [-0.2, -0.15) is 13.2 Å². The normalized spacial score (nSPS) is 11.4. The highest BCUT2D eigenvalue weighted by Gasteiger charge is 2.31. The minimum atomic E-state index is -4.52. The second kappa shape index (κ2) is 5.90. The second-order valence-electron chi connectivity index (χ2n) is 4.39. The quantitative estimate of drug-likeness (QED) is 0.853. The standard InChI is InChI=1S/C14H13F3N2O2/c15-14(16,17)9-3-4-12(18)11(8-9)13(20)19-6-5-10-2-1-7-21-10/h1-4,7-8H,5-6,18H2,(H,19,20). The number of anilines is 1. The molecule has 3 N–H and O–H groups in total. The number of nitrogens with two attached hydrogens (primary N) is 1. The van der Waals surface area contributed by atoms with Gasteiger partial charge in [-0.05, 0) is 30.3 Å². The Morgan fingerprint density at radius 3 is 2.67 bits per heavy atom. The molecule has 0 bridgehead atoms. The van der Waals surface area contributed by atoms with Gasteiger partial charge >= 0.3 is 6.18 Å². The van der Waals surface area contributed by atoms with Crippen LogP contribution in [0.1, 0.15) is 21.7 Å². The summed E-state index contributed by atoms with van der Waals surface area (Å²) in [5.41, 5.74) is 4.45. The third-order valence-electron chi connectivity index (χ3n) is 2.86. The summed E-state index contributed by atoms with van der Waals surface area (Å²) in [4.78, 5) is 11.9. The molecule has 0 radical (unpaired) electrons. The number of alkyl halides is 3. The monoisotopic (exact) mass is 298 g/mol. The van der Waals surface area contributed by atoms with Gasteiger partial charge in [-0.25, -0.2) is 0 Å². The lowest BCUT2D eigenvalue weighted by Gasteiger charge is -2.11. The number of rotatable bonds is 4. The van der Waals surface area contributed by atoms with Crippen LogP contribution in [0.25, 0.3) is 0 Å². The molecule has 0 saturated heterocycles. The molecule has 2 aromatic rings. The van der Waals surface area contributed by atoms with E-state index in [2.05, 4.69) is 5.32 Å². The minimum Gasteiger partial charge on any atom is -0.469 e. The molecule has 112 valence electrons. The smallest absolute Gasteiger partial charge is 0.416 e. The van der Waals surface area contributed by atoms with E-state index < -0.39 is 17.6 Å². The summed E-state index contributed by atoms with van der Waals surface area (Å²) in [7, 11) is 0. The van der Waals surface area contributed by atoms with Crippen LogP contribution in [0, 0.1) is 0 Å². The van der Waals surface area contributed by atoms with E-state index in [1.807, 2.05) is 0 Å². The zero-order valence-corrected chi connectivity index (χ0v) is 10.9. The molecule has 0 spiro atoms. The molecule has 0 aliphatic heterocycles. The lowest BCUT2D eigenvalue weighted by Crippen LogP contribution is -2.26. The molecule has 7 heteroatoms. The summed E-state index contributed by atoms with van der Waals surface area (Å²) in [6.07, 6.45) is -2.57. The van der Waals surface area contributed by atoms with Gasteiger partial charge in [-0.1, -0.05) is 0 Å². The molecule has 0 unspecified atom stereocenters. The van der Waals surface area contributed by atoms with Crippen molar-refractivity contribution in [3.05, 3.63) is 53.5 Å². The van der Waals surface area contributed by atoms with E-state index >= 15 is 0 Å². The minimum absolute atomic E-state index is 0.00139. The largest absolute Gasteiger partial charge is 0.469 e. The van der Waals surface area contributed by atoms with E-state index in [4.69, 9.17) is 10.2 Å². The zero-order valence-electron chi connectivity index (χ0n) is 10.9. The van der Waals surface area contributed by atoms with Crippen LogP contribution in [-0.4, -0.2) is 12.5 Å². The SMILES string of the molecule is Nc1ccc(C(F)(F)F)cc1C(=O)NCCc1ccco1. The Kier molecular flexibility index (Phi) is 4.21. The first-order valence-corrected chi connectivity index (χ1v) is 6.15. The molecular formula is C14H13F3N2O2. The first-order chi connectivity index (χ1) is 9.88. The number of hydrogen-bond donors (Lipinski definition) is 2. The van der Waals surface area contributed by atoms with Crippen molar-refractivity contribution in [2.75, 3.05) is 12.3 Å². The van der Waals surface area contributed by atoms with Crippen molar-refractivity contribution in [2.24, 2.45) is 0 Å². The lowest BCUT2D eigenvalue weighted by atomic mass is 10.1. The van der Waals surface area contributed by atoms with E-state index in [1.165, 1.54) is 6.26 Å². The van der Waals surface area contributed by atoms with Gasteiger partial charge in [-0.3, -0.25) is 4.79 Å². The van der Waals surface area contributed by atoms with Crippen LogP contribution in [0.3, 0.4) is 0 Å². The van der Waals surface area contributed by atoms with Crippen molar-refractivity contribution in [3.8, 4) is 0 Å². The zero-order chi connectivity index (χ0) is 15.5. The Morgan fingerprint density at radius 1 is 1.29 bits per heavy atom. The Hall–Kier alpha value is -2.44. The maximum Gasteiger partial charge on any atom is 0.416 e. The van der Waals surface area contributed by atoms with Crippen molar-refractivity contribution in [1.82, 2.24) is 5.32 Å². The average Bonchev–Trinajstić information content (AvgIpc) is 2.91. The van der Waals surface area contributed by atoms with E-state index in [0.717, 1.165) is 18.2 Å². The predicted molar refractivity (Wildman–Crippen MR) is 70.6 cm³/mol. The number of nitrogen functional groups attached to an aromatic ring is 1. The predicted octanol–water partition coefficient (Wildman–Crippen LogP) is 2.85. The second-order valence-corrected chi connectivity index (χ2v) is 4.39. The van der Waals surface area contributed by atoms with Crippen LogP contribution in [0.15, 0.2) is 41.0 Å². The maximum atomic E-state index is 12.6. The van der Waals surface area contributed by atoms with Crippen LogP contribution in [0.5, 0.6) is 0 Å². The van der Waals surface area contributed by atoms with E-state index in [1.54, 1.807) is 12.1 Å². The molecule has 1 aromatic carbocycles. The van der Waals surface area contributed by atoms with Crippen LogP contribution in [0.2, 0.25) is 0 Å². The number of amides is 1. The van der Waals surface area contributed by atoms with E-state index in [0.29, 0.717) is 12.2 Å². The fourth-order valence-corrected chi connectivity index (χ4v) is 1.78. The summed E-state index contributed by atoms with van der Waals surface area (Å²) in [5, 5.41) is 2.51. The van der Waals surface area contributed by atoms with Crippen molar-refractivity contribution in [2.45, 2.75) is 12.6 Å². The number of carbonyl (C=O) groups excluding carboxylic acids is 1. The van der Waals surface area contributed by atoms with E-state index in [-0.39, 0.29) is 17.8 Å². The molecule has 2 rings (SSSR count). The molecule has 0 aliphatic carbocycles. The maximum absolute atomic E-state index is 12.6. The molecule has 4 nitrogen and oxygen atoms in total. The third-order valence-corrected chi connectivity index (χ3v) is 2.86. The molecule has 21 heavy (non-hydrogen) atoms. The summed E-state index contributed by atoms with van der Waals surface area (Å²) < 4.78 is 42.9. The number of carbonyl (C=O) groups is 1. The molecular weight excluding hydrogens is 285 g/mol. The highest BCUT2D eigenvalue weighted by molar-refractivity contribution is 5.99. The highest BCUT2D eigenvalue weighted by atomic mass is 19.4. The van der Waals surface area contributed by atoms with Gasteiger partial charge in [-0.15, -0.1) is 0 Å². The van der Waals surface area contributed by atoms with Crippen molar-refractivity contribution in [1.29, 1.82) is 0 Å². The molecule has 0 fully saturated rings. The lowest BCUT2D eigenvalue weighted by molar-refractivity contribution is -0.137. The van der Waals surface area contributed by atoms with Gasteiger partial charge in [0.05, 0.1) is 17.4 Å². The number of furan rings is 1.